The van der Waals surface area contributed by atoms with E-state index in [2.05, 4.69) is 33.5 Å². The lowest BCUT2D eigenvalue weighted by Gasteiger charge is -2.10. The molecule has 4 rings (SSSR count). The van der Waals surface area contributed by atoms with Gasteiger partial charge in [-0.2, -0.15) is 0 Å². The molecule has 6 nitrogen and oxygen atoms in total. The monoisotopic (exact) mass is 428 g/mol. The van der Waals surface area contributed by atoms with Crippen LogP contribution in [0.5, 0.6) is 5.75 Å². The van der Waals surface area contributed by atoms with Crippen LogP contribution in [0.1, 0.15) is 23.2 Å². The van der Waals surface area contributed by atoms with Gasteiger partial charge in [-0.25, -0.2) is 0 Å². The third kappa shape index (κ3) is 5.80. The second kappa shape index (κ2) is 10.7. The Balaban J connectivity index is 1.18. The quantitative estimate of drug-likeness (QED) is 0.390. The lowest BCUT2D eigenvalue weighted by molar-refractivity contribution is 0.308. The third-order valence-corrected chi connectivity index (χ3v) is 5.47. The van der Waals surface area contributed by atoms with Gasteiger partial charge in [0.25, 0.3) is 5.56 Å². The second-order valence-corrected chi connectivity index (χ2v) is 7.85. The standard InChI is InChI=1S/C26H28N4O2/c1-30-25-9-8-24(17-22(25)6-10-26(30)31)32-15-3-13-28-19-21-11-14-29-23(16-21)7-5-20-4-2-12-27-18-20/h2,4,6,8-12,14,16-18,28H,3,5,7,13,15,19H2,1H3. The maximum atomic E-state index is 11.7. The van der Waals surface area contributed by atoms with Gasteiger partial charge in [-0.1, -0.05) is 6.07 Å². The molecule has 1 N–H and O–H groups in total. The molecule has 0 spiro atoms. The number of aromatic nitrogens is 3. The highest BCUT2D eigenvalue weighted by atomic mass is 16.5. The molecule has 0 aliphatic carbocycles. The van der Waals surface area contributed by atoms with Gasteiger partial charge < -0.3 is 14.6 Å². The number of rotatable bonds is 10. The van der Waals surface area contributed by atoms with Crippen molar-refractivity contribution in [2.24, 2.45) is 7.05 Å². The van der Waals surface area contributed by atoms with Gasteiger partial charge in [0.1, 0.15) is 5.75 Å². The predicted octanol–water partition coefficient (Wildman–Crippen LogP) is 3.67. The second-order valence-electron chi connectivity index (χ2n) is 7.85. The van der Waals surface area contributed by atoms with E-state index in [1.54, 1.807) is 23.9 Å². The maximum absolute atomic E-state index is 11.7. The van der Waals surface area contributed by atoms with E-state index in [0.717, 1.165) is 54.7 Å². The number of hydrogen-bond acceptors (Lipinski definition) is 5. The highest BCUT2D eigenvalue weighted by Gasteiger charge is 2.02. The van der Waals surface area contributed by atoms with E-state index >= 15 is 0 Å². The zero-order chi connectivity index (χ0) is 22.2. The summed E-state index contributed by atoms with van der Waals surface area (Å²) in [5.41, 5.74) is 4.47. The van der Waals surface area contributed by atoms with Gasteiger partial charge in [-0.05, 0) is 79.4 Å². The van der Waals surface area contributed by atoms with Gasteiger partial charge in [0.05, 0.1) is 12.1 Å². The van der Waals surface area contributed by atoms with Crippen LogP contribution in [0.2, 0.25) is 0 Å². The van der Waals surface area contributed by atoms with Crippen molar-refractivity contribution in [1.82, 2.24) is 19.9 Å². The van der Waals surface area contributed by atoms with Crippen LogP contribution in [-0.4, -0.2) is 27.7 Å². The molecule has 0 unspecified atom stereocenters. The molecule has 0 saturated heterocycles. The molecular weight excluding hydrogens is 400 g/mol. The summed E-state index contributed by atoms with van der Waals surface area (Å²) in [5, 5.41) is 4.48. The average Bonchev–Trinajstić information content (AvgIpc) is 2.83. The summed E-state index contributed by atoms with van der Waals surface area (Å²) < 4.78 is 7.53. The maximum Gasteiger partial charge on any atom is 0.250 e. The topological polar surface area (TPSA) is 69.0 Å². The first-order valence-corrected chi connectivity index (χ1v) is 10.9. The Bertz CT molecular complexity index is 1220. The summed E-state index contributed by atoms with van der Waals surface area (Å²) in [6.45, 7) is 2.32. The van der Waals surface area contributed by atoms with E-state index in [1.807, 2.05) is 42.7 Å². The van der Waals surface area contributed by atoms with Crippen LogP contribution in [0.15, 0.2) is 78.0 Å². The van der Waals surface area contributed by atoms with Crippen LogP contribution in [0, 0.1) is 0 Å². The molecule has 6 heteroatoms. The fraction of sp³-hybridized carbons (Fsp3) is 0.269. The molecule has 1 aromatic carbocycles. The van der Waals surface area contributed by atoms with Crippen LogP contribution < -0.4 is 15.6 Å². The molecule has 0 radical (unpaired) electrons. The summed E-state index contributed by atoms with van der Waals surface area (Å²) in [6, 6.07) is 17.5. The van der Waals surface area contributed by atoms with Crippen LogP contribution in [0.3, 0.4) is 0 Å². The normalized spacial score (nSPS) is 11.0. The molecule has 0 atom stereocenters. The number of ether oxygens (including phenoxy) is 1. The van der Waals surface area contributed by atoms with Crippen molar-refractivity contribution in [3.05, 3.63) is 100 Å². The largest absolute Gasteiger partial charge is 0.494 e. The van der Waals surface area contributed by atoms with Crippen molar-refractivity contribution in [1.29, 1.82) is 0 Å². The van der Waals surface area contributed by atoms with Gasteiger partial charge in [-0.15, -0.1) is 0 Å². The first-order chi connectivity index (χ1) is 15.7. The molecule has 0 fully saturated rings. The summed E-state index contributed by atoms with van der Waals surface area (Å²) in [4.78, 5) is 20.4. The molecule has 32 heavy (non-hydrogen) atoms. The Morgan fingerprint density at radius 2 is 1.94 bits per heavy atom. The first kappa shape index (κ1) is 21.7. The summed E-state index contributed by atoms with van der Waals surface area (Å²) >= 11 is 0. The predicted molar refractivity (Wildman–Crippen MR) is 127 cm³/mol. The smallest absolute Gasteiger partial charge is 0.250 e. The number of nitrogens with one attached hydrogen (secondary N) is 1. The van der Waals surface area contributed by atoms with E-state index < -0.39 is 0 Å². The van der Waals surface area contributed by atoms with E-state index in [4.69, 9.17) is 4.74 Å². The molecule has 4 aromatic rings. The van der Waals surface area contributed by atoms with Crippen molar-refractivity contribution >= 4 is 10.9 Å². The van der Waals surface area contributed by atoms with Crippen molar-refractivity contribution in [2.75, 3.05) is 13.2 Å². The Morgan fingerprint density at radius 1 is 1.00 bits per heavy atom. The van der Waals surface area contributed by atoms with Crippen LogP contribution in [0.25, 0.3) is 10.9 Å². The molecule has 0 amide bonds. The molecule has 3 aromatic heterocycles. The van der Waals surface area contributed by atoms with E-state index in [0.29, 0.717) is 6.61 Å². The number of pyridine rings is 3. The van der Waals surface area contributed by atoms with Gasteiger partial charge in [0.2, 0.25) is 0 Å². The van der Waals surface area contributed by atoms with Crippen molar-refractivity contribution < 1.29 is 4.74 Å². The van der Waals surface area contributed by atoms with Gasteiger partial charge in [0, 0.05) is 49.3 Å². The highest BCUT2D eigenvalue weighted by molar-refractivity contribution is 5.80. The summed E-state index contributed by atoms with van der Waals surface area (Å²) in [7, 11) is 1.78. The zero-order valence-electron chi connectivity index (χ0n) is 18.3. The SMILES string of the molecule is Cn1c(=O)ccc2cc(OCCCNCc3ccnc(CCc4cccnc4)c3)ccc21. The molecule has 3 heterocycles. The van der Waals surface area contributed by atoms with Gasteiger partial charge in [0.15, 0.2) is 0 Å². The Hall–Kier alpha value is -3.51. The lowest BCUT2D eigenvalue weighted by Crippen LogP contribution is -2.17. The highest BCUT2D eigenvalue weighted by Crippen LogP contribution is 2.19. The number of aryl methyl sites for hydroxylation is 3. The average molecular weight is 429 g/mol. The van der Waals surface area contributed by atoms with Crippen molar-refractivity contribution in [2.45, 2.75) is 25.8 Å². The Kier molecular flexibility index (Phi) is 7.25. The number of nitrogens with zero attached hydrogens (tertiary/aromatic N) is 3. The van der Waals surface area contributed by atoms with Crippen molar-refractivity contribution in [3.8, 4) is 5.75 Å². The van der Waals surface area contributed by atoms with Crippen LogP contribution >= 0.6 is 0 Å². The van der Waals surface area contributed by atoms with E-state index in [1.165, 1.54) is 11.1 Å². The molecular formula is C26H28N4O2. The molecule has 0 bridgehead atoms. The summed E-state index contributed by atoms with van der Waals surface area (Å²) in [6.07, 6.45) is 8.35. The molecule has 0 aliphatic heterocycles. The Morgan fingerprint density at radius 3 is 2.81 bits per heavy atom. The Labute approximate surface area is 187 Å². The zero-order valence-corrected chi connectivity index (χ0v) is 18.3. The van der Waals surface area contributed by atoms with Crippen LogP contribution in [0.4, 0.5) is 0 Å². The van der Waals surface area contributed by atoms with Gasteiger partial charge >= 0.3 is 0 Å². The van der Waals surface area contributed by atoms with Gasteiger partial charge in [-0.3, -0.25) is 14.8 Å². The van der Waals surface area contributed by atoms with Crippen LogP contribution in [-0.2, 0) is 26.4 Å². The number of benzene rings is 1. The minimum atomic E-state index is -0.00736. The fourth-order valence-electron chi connectivity index (χ4n) is 3.67. The van der Waals surface area contributed by atoms with E-state index in [9.17, 15) is 4.79 Å². The molecule has 164 valence electrons. The minimum absolute atomic E-state index is 0.00736. The molecule has 0 aliphatic rings. The van der Waals surface area contributed by atoms with E-state index in [-0.39, 0.29) is 5.56 Å². The lowest BCUT2D eigenvalue weighted by atomic mass is 10.1. The third-order valence-electron chi connectivity index (χ3n) is 5.47. The fourth-order valence-corrected chi connectivity index (χ4v) is 3.67. The number of hydrogen-bond donors (Lipinski definition) is 1. The van der Waals surface area contributed by atoms with Crippen molar-refractivity contribution in [3.63, 3.8) is 0 Å². The number of fused-ring (bicyclic) bond motifs is 1. The first-order valence-electron chi connectivity index (χ1n) is 10.9. The molecule has 0 saturated carbocycles. The summed E-state index contributed by atoms with van der Waals surface area (Å²) in [5.74, 6) is 0.823. The minimum Gasteiger partial charge on any atom is -0.494 e.